The molecule has 3 fully saturated rings. The van der Waals surface area contributed by atoms with Crippen LogP contribution in [0.3, 0.4) is 0 Å². The van der Waals surface area contributed by atoms with Crippen LogP contribution in [0.25, 0.3) is 0 Å². The minimum Gasteiger partial charge on any atom is -0.343 e. The first-order valence-corrected chi connectivity index (χ1v) is 9.75. The van der Waals surface area contributed by atoms with Gasteiger partial charge in [-0.3, -0.25) is 9.59 Å². The van der Waals surface area contributed by atoms with Crippen LogP contribution < -0.4 is 0 Å². The van der Waals surface area contributed by atoms with Crippen LogP contribution in [0.4, 0.5) is 0 Å². The van der Waals surface area contributed by atoms with Gasteiger partial charge in [0, 0.05) is 32.1 Å². The Morgan fingerprint density at radius 3 is 2.44 bits per heavy atom. The fourth-order valence-corrected chi connectivity index (χ4v) is 4.68. The lowest BCUT2D eigenvalue weighted by atomic mass is 9.67. The molecule has 2 heterocycles. The molecule has 2 amide bonds. The van der Waals surface area contributed by atoms with Gasteiger partial charge in [0.25, 0.3) is 0 Å². The Morgan fingerprint density at radius 2 is 1.84 bits per heavy atom. The van der Waals surface area contributed by atoms with E-state index in [0.29, 0.717) is 18.4 Å². The van der Waals surface area contributed by atoms with Gasteiger partial charge in [0.15, 0.2) is 0 Å². The van der Waals surface area contributed by atoms with Crippen LogP contribution in [0.5, 0.6) is 0 Å². The van der Waals surface area contributed by atoms with E-state index in [9.17, 15) is 9.59 Å². The predicted octanol–water partition coefficient (Wildman–Crippen LogP) is 3.18. The van der Waals surface area contributed by atoms with Gasteiger partial charge in [0.05, 0.1) is 5.92 Å². The molecule has 4 rings (SSSR count). The van der Waals surface area contributed by atoms with Gasteiger partial charge in [-0.1, -0.05) is 37.3 Å². The standard InChI is InChI=1S/C21H28N2O2/c1-2-19(24)22-12-10-21(11-13-22)14-18(16-6-4-3-5-7-16)20(25)23(15-21)17-8-9-17/h3-7,17-18H,2,8-15H2,1H3/t18-/m1/s1. The summed E-state index contributed by atoms with van der Waals surface area (Å²) >= 11 is 0. The van der Waals surface area contributed by atoms with Gasteiger partial charge in [-0.05, 0) is 43.1 Å². The summed E-state index contributed by atoms with van der Waals surface area (Å²) in [4.78, 5) is 29.3. The lowest BCUT2D eigenvalue weighted by molar-refractivity contribution is -0.145. The summed E-state index contributed by atoms with van der Waals surface area (Å²) in [5.41, 5.74) is 1.34. The van der Waals surface area contributed by atoms with Crippen molar-refractivity contribution in [3.8, 4) is 0 Å². The van der Waals surface area contributed by atoms with Crippen molar-refractivity contribution in [1.82, 2.24) is 9.80 Å². The fourth-order valence-electron chi connectivity index (χ4n) is 4.68. The van der Waals surface area contributed by atoms with Gasteiger partial charge in [-0.15, -0.1) is 0 Å². The second-order valence-electron chi connectivity index (χ2n) is 8.10. The first-order chi connectivity index (χ1) is 12.1. The quantitative estimate of drug-likeness (QED) is 0.848. The smallest absolute Gasteiger partial charge is 0.230 e. The molecule has 2 saturated heterocycles. The molecule has 4 heteroatoms. The van der Waals surface area contributed by atoms with E-state index in [-0.39, 0.29) is 17.2 Å². The number of rotatable bonds is 3. The summed E-state index contributed by atoms with van der Waals surface area (Å²) in [7, 11) is 0. The van der Waals surface area contributed by atoms with E-state index in [1.54, 1.807) is 0 Å². The number of piperidine rings is 2. The largest absolute Gasteiger partial charge is 0.343 e. The van der Waals surface area contributed by atoms with E-state index in [2.05, 4.69) is 17.0 Å². The van der Waals surface area contributed by atoms with Gasteiger partial charge in [-0.2, -0.15) is 0 Å². The van der Waals surface area contributed by atoms with Crippen LogP contribution in [-0.2, 0) is 9.59 Å². The summed E-state index contributed by atoms with van der Waals surface area (Å²) in [6.45, 7) is 4.53. The third-order valence-electron chi connectivity index (χ3n) is 6.39. The molecule has 1 spiro atoms. The number of likely N-dealkylation sites (tertiary alicyclic amines) is 2. The van der Waals surface area contributed by atoms with E-state index in [1.165, 1.54) is 0 Å². The van der Waals surface area contributed by atoms with Crippen molar-refractivity contribution in [1.29, 1.82) is 0 Å². The van der Waals surface area contributed by atoms with Gasteiger partial charge in [0.1, 0.15) is 0 Å². The second-order valence-corrected chi connectivity index (χ2v) is 8.10. The van der Waals surface area contributed by atoms with Gasteiger partial charge in [-0.25, -0.2) is 0 Å². The molecule has 1 aliphatic carbocycles. The molecule has 1 atom stereocenters. The Kier molecular flexibility index (Phi) is 4.30. The first-order valence-electron chi connectivity index (χ1n) is 9.75. The molecule has 0 aromatic heterocycles. The lowest BCUT2D eigenvalue weighted by Crippen LogP contribution is -2.55. The van der Waals surface area contributed by atoms with Crippen molar-refractivity contribution < 1.29 is 9.59 Å². The van der Waals surface area contributed by atoms with Crippen LogP contribution in [0.1, 0.15) is 56.9 Å². The third-order valence-corrected chi connectivity index (χ3v) is 6.39. The Bertz CT molecular complexity index is 645. The fraction of sp³-hybridized carbons (Fsp3) is 0.619. The van der Waals surface area contributed by atoms with E-state index in [0.717, 1.165) is 57.3 Å². The Labute approximate surface area is 150 Å². The summed E-state index contributed by atoms with van der Waals surface area (Å²) in [5.74, 6) is 0.579. The number of nitrogens with zero attached hydrogens (tertiary/aromatic N) is 2. The minimum absolute atomic E-state index is 0.0102. The number of benzene rings is 1. The molecule has 25 heavy (non-hydrogen) atoms. The lowest BCUT2D eigenvalue weighted by Gasteiger charge is -2.50. The molecular weight excluding hydrogens is 312 g/mol. The Hall–Kier alpha value is -1.84. The highest BCUT2D eigenvalue weighted by atomic mass is 16.2. The topological polar surface area (TPSA) is 40.6 Å². The van der Waals surface area contributed by atoms with Crippen molar-refractivity contribution in [3.63, 3.8) is 0 Å². The number of carbonyl (C=O) groups excluding carboxylic acids is 2. The zero-order valence-electron chi connectivity index (χ0n) is 15.1. The Balaban J connectivity index is 1.56. The average molecular weight is 340 g/mol. The molecule has 0 bridgehead atoms. The van der Waals surface area contributed by atoms with Crippen molar-refractivity contribution in [2.45, 2.75) is 57.4 Å². The van der Waals surface area contributed by atoms with Crippen LogP contribution in [0.2, 0.25) is 0 Å². The number of hydrogen-bond acceptors (Lipinski definition) is 2. The number of amides is 2. The molecule has 1 aromatic carbocycles. The SMILES string of the molecule is CCC(=O)N1CCC2(CC1)C[C@H](c1ccccc1)C(=O)N(C1CC1)C2. The van der Waals surface area contributed by atoms with Gasteiger partial charge < -0.3 is 9.80 Å². The van der Waals surface area contributed by atoms with Crippen molar-refractivity contribution in [2.24, 2.45) is 5.41 Å². The van der Waals surface area contributed by atoms with Gasteiger partial charge >= 0.3 is 0 Å². The van der Waals surface area contributed by atoms with E-state index in [1.807, 2.05) is 30.0 Å². The van der Waals surface area contributed by atoms with Gasteiger partial charge in [0.2, 0.25) is 11.8 Å². The van der Waals surface area contributed by atoms with Crippen LogP contribution in [-0.4, -0.2) is 47.3 Å². The maximum absolute atomic E-state index is 13.1. The third kappa shape index (κ3) is 3.19. The molecule has 0 radical (unpaired) electrons. The monoisotopic (exact) mass is 340 g/mol. The number of hydrogen-bond donors (Lipinski definition) is 0. The molecule has 1 aromatic rings. The Morgan fingerprint density at radius 1 is 1.16 bits per heavy atom. The zero-order valence-corrected chi connectivity index (χ0v) is 15.1. The zero-order chi connectivity index (χ0) is 17.4. The molecule has 0 N–H and O–H groups in total. The van der Waals surface area contributed by atoms with Crippen molar-refractivity contribution in [2.75, 3.05) is 19.6 Å². The highest BCUT2D eigenvalue weighted by molar-refractivity contribution is 5.85. The predicted molar refractivity (Wildman–Crippen MR) is 97.1 cm³/mol. The van der Waals surface area contributed by atoms with Crippen molar-refractivity contribution >= 4 is 11.8 Å². The minimum atomic E-state index is -0.0102. The first kappa shape index (κ1) is 16.6. The maximum atomic E-state index is 13.1. The molecule has 134 valence electrons. The van der Waals surface area contributed by atoms with E-state index >= 15 is 0 Å². The van der Waals surface area contributed by atoms with Crippen molar-refractivity contribution in [3.05, 3.63) is 35.9 Å². The highest BCUT2D eigenvalue weighted by Gasteiger charge is 2.49. The molecular formula is C21H28N2O2. The molecule has 1 saturated carbocycles. The second kappa shape index (κ2) is 6.47. The summed E-state index contributed by atoms with van der Waals surface area (Å²) in [6.07, 6.45) is 5.89. The maximum Gasteiger partial charge on any atom is 0.230 e. The molecule has 4 nitrogen and oxygen atoms in total. The summed E-state index contributed by atoms with van der Waals surface area (Å²) in [6, 6.07) is 10.7. The van der Waals surface area contributed by atoms with Crippen LogP contribution in [0.15, 0.2) is 30.3 Å². The average Bonchev–Trinajstić information content (AvgIpc) is 3.49. The van der Waals surface area contributed by atoms with E-state index in [4.69, 9.17) is 0 Å². The normalized spacial score (nSPS) is 26.1. The highest BCUT2D eigenvalue weighted by Crippen LogP contribution is 2.48. The molecule has 3 aliphatic rings. The van der Waals surface area contributed by atoms with Crippen LogP contribution >= 0.6 is 0 Å². The molecule has 0 unspecified atom stereocenters. The molecule has 2 aliphatic heterocycles. The summed E-state index contributed by atoms with van der Waals surface area (Å²) in [5, 5.41) is 0. The number of carbonyl (C=O) groups is 2. The van der Waals surface area contributed by atoms with E-state index < -0.39 is 0 Å². The summed E-state index contributed by atoms with van der Waals surface area (Å²) < 4.78 is 0. The van der Waals surface area contributed by atoms with Crippen LogP contribution in [0, 0.1) is 5.41 Å².